The Hall–Kier alpha value is -6.51. The Balaban J connectivity index is 0.000000332. The smallest absolute Gasteiger partial charge is 0.447 e. The summed E-state index contributed by atoms with van der Waals surface area (Å²) in [5.74, 6) is -0.756. The summed E-state index contributed by atoms with van der Waals surface area (Å²) in [5.41, 5.74) is 1.95. The molecule has 0 atom stereocenters. The standard InChI is InChI=1S/C21H24B2N2O10.C20H24B2O7.C7H10B2O3/c1-22(28)16-8-6-14(12-18(16)24(31)32)20(26)4-2-10-35-11-3-5-21(27)15-7-9-17(23(29)30)19(13-15)25(33)34;23-19(15-5-9-17(10-6-15)21(25)26)3-1-13-29-14-2-4-20(24)16-7-11-18(12-8-16)22(27)28;1-8(10)6-3-2-4-7(5-6)9(11)12/h6-9,12-13,28-30H,2-5,10-11H2,1H3;5-12,25-28H,1-4,13-14H2;2-5,10-12H,1H3. The van der Waals surface area contributed by atoms with Crippen molar-refractivity contribution in [1.82, 2.24) is 0 Å². The molecule has 0 aliphatic rings. The van der Waals surface area contributed by atoms with Crippen LogP contribution >= 0.6 is 0 Å². The van der Waals surface area contributed by atoms with E-state index in [1.807, 2.05) is 0 Å². The quantitative estimate of drug-likeness (QED) is 0.00898. The maximum atomic E-state index is 12.3. The van der Waals surface area contributed by atoms with Crippen molar-refractivity contribution in [3.05, 3.63) is 152 Å². The summed E-state index contributed by atoms with van der Waals surface area (Å²) in [6, 6.07) is 26.2. The number of benzene rings is 5. The molecule has 5 aromatic rings. The number of hydrogen-bond donors (Lipinski definition) is 10. The van der Waals surface area contributed by atoms with Crippen molar-refractivity contribution in [2.75, 3.05) is 26.4 Å². The molecule has 0 heterocycles. The summed E-state index contributed by atoms with van der Waals surface area (Å²) in [6.45, 7) is 2.67. The van der Waals surface area contributed by atoms with E-state index in [1.165, 1.54) is 49.3 Å². The van der Waals surface area contributed by atoms with Crippen LogP contribution in [0.5, 0.6) is 0 Å². The monoisotopic (exact) mass is 1050 g/mol. The van der Waals surface area contributed by atoms with Crippen molar-refractivity contribution in [2.45, 2.75) is 65.0 Å². The average molecular weight is 1050 g/mol. The lowest BCUT2D eigenvalue weighted by atomic mass is 9.62. The summed E-state index contributed by atoms with van der Waals surface area (Å²) >= 11 is 0. The molecule has 0 saturated heterocycles. The largest absolute Gasteiger partial charge is 0.495 e. The summed E-state index contributed by atoms with van der Waals surface area (Å²) in [7, 11) is -6.60. The number of nitrogens with zero attached hydrogens (tertiary/aromatic N) is 2. The van der Waals surface area contributed by atoms with E-state index in [0.717, 1.165) is 18.2 Å². The Morgan fingerprint density at radius 1 is 0.408 bits per heavy atom. The molecule has 5 rings (SSSR count). The van der Waals surface area contributed by atoms with Gasteiger partial charge in [-0.2, -0.15) is 0 Å². The van der Waals surface area contributed by atoms with E-state index in [2.05, 4.69) is 0 Å². The van der Waals surface area contributed by atoms with E-state index in [-0.39, 0.29) is 76.9 Å². The molecule has 5 aromatic carbocycles. The molecule has 0 bridgehead atoms. The second-order valence-corrected chi connectivity index (χ2v) is 17.2. The Morgan fingerprint density at radius 2 is 0.737 bits per heavy atom. The molecule has 0 radical (unpaired) electrons. The van der Waals surface area contributed by atoms with Crippen molar-refractivity contribution < 1.29 is 88.7 Å². The van der Waals surface area contributed by atoms with Gasteiger partial charge in [-0.15, -0.1) is 0 Å². The number of nitro benzene ring substituents is 2. The highest BCUT2D eigenvalue weighted by Crippen LogP contribution is 2.17. The van der Waals surface area contributed by atoms with Gasteiger partial charge in [0.15, 0.2) is 23.1 Å². The first-order valence-electron chi connectivity index (χ1n) is 24.0. The average Bonchev–Trinajstić information content (AvgIpc) is 3.39. The SMILES string of the molecule is CB(O)c1ccc(C(=O)CCCOCCCC(=O)c2ccc(B(O)O)c([N+](=O)[O-])c2)cc1[N+](=O)[O-].CB(O)c1cccc(B(O)O)c1.O=C(CCCOCCCC(=O)c1ccc(B(O)O)cc1)c1ccc(B(O)O)cc1. The van der Waals surface area contributed by atoms with Crippen LogP contribution in [0.4, 0.5) is 11.4 Å². The Kier molecular flexibility index (Phi) is 27.5. The van der Waals surface area contributed by atoms with Crippen LogP contribution in [0.1, 0.15) is 92.8 Å². The number of ether oxygens (including phenoxy) is 2. The molecule has 0 aromatic heterocycles. The van der Waals surface area contributed by atoms with Gasteiger partial charge in [-0.05, 0) is 47.5 Å². The fourth-order valence-electron chi connectivity index (χ4n) is 7.10. The Bertz CT molecular complexity index is 2520. The normalized spacial score (nSPS) is 10.5. The van der Waals surface area contributed by atoms with E-state index in [4.69, 9.17) is 44.6 Å². The van der Waals surface area contributed by atoms with Crippen LogP contribution in [0.3, 0.4) is 0 Å². The van der Waals surface area contributed by atoms with E-state index in [1.54, 1.807) is 55.4 Å². The molecular weight excluding hydrogens is 989 g/mol. The van der Waals surface area contributed by atoms with Crippen molar-refractivity contribution in [1.29, 1.82) is 0 Å². The summed E-state index contributed by atoms with van der Waals surface area (Å²) in [6.07, 6.45) is 2.59. The first-order chi connectivity index (χ1) is 36.0. The highest BCUT2D eigenvalue weighted by atomic mass is 16.6. The molecule has 76 heavy (non-hydrogen) atoms. The van der Waals surface area contributed by atoms with E-state index in [0.29, 0.717) is 84.7 Å². The number of carbonyl (C=O) groups is 4. The van der Waals surface area contributed by atoms with Crippen LogP contribution in [-0.2, 0) is 9.47 Å². The number of nitro groups is 2. The van der Waals surface area contributed by atoms with E-state index < -0.39 is 57.8 Å². The van der Waals surface area contributed by atoms with Gasteiger partial charge in [-0.3, -0.25) is 39.4 Å². The van der Waals surface area contributed by atoms with Crippen LogP contribution in [0.2, 0.25) is 13.6 Å². The molecule has 0 saturated carbocycles. The van der Waals surface area contributed by atoms with Crippen LogP contribution in [-0.4, -0.2) is 152 Å². The summed E-state index contributed by atoms with van der Waals surface area (Å²) in [5, 5.41) is 113. The molecule has 0 spiro atoms. The third-order valence-corrected chi connectivity index (χ3v) is 11.3. The predicted molar refractivity (Wildman–Crippen MR) is 288 cm³/mol. The maximum Gasteiger partial charge on any atom is 0.495 e. The number of ketones is 4. The molecule has 10 N–H and O–H groups in total. The number of rotatable bonds is 28. The molecular formula is C48H58B6N2O20. The predicted octanol–water partition coefficient (Wildman–Crippen LogP) is -1.48. The molecule has 0 fully saturated rings. The van der Waals surface area contributed by atoms with Crippen LogP contribution in [0.15, 0.2) is 109 Å². The molecule has 0 unspecified atom stereocenters. The minimum atomic E-state index is -2.03. The second-order valence-electron chi connectivity index (χ2n) is 17.2. The Labute approximate surface area is 440 Å². The molecule has 0 amide bonds. The lowest BCUT2D eigenvalue weighted by Gasteiger charge is -2.07. The lowest BCUT2D eigenvalue weighted by Crippen LogP contribution is -2.36. The number of hydrogen-bond acceptors (Lipinski definition) is 20. The van der Waals surface area contributed by atoms with Gasteiger partial charge >= 0.3 is 42.3 Å². The molecule has 398 valence electrons. The number of carbonyl (C=O) groups excluding carboxylic acids is 4. The topological polar surface area (TPSA) is 375 Å². The maximum absolute atomic E-state index is 12.3. The van der Waals surface area contributed by atoms with Gasteiger partial charge in [0.2, 0.25) is 0 Å². The summed E-state index contributed by atoms with van der Waals surface area (Å²) in [4.78, 5) is 69.5. The van der Waals surface area contributed by atoms with Crippen molar-refractivity contribution in [3.8, 4) is 0 Å². The van der Waals surface area contributed by atoms with Gasteiger partial charge in [0, 0.05) is 92.0 Å². The van der Waals surface area contributed by atoms with Crippen molar-refractivity contribution in [3.63, 3.8) is 0 Å². The highest BCUT2D eigenvalue weighted by molar-refractivity contribution is 6.67. The number of Topliss-reactive ketones (excluding diaryl/α,β-unsaturated/α-hetero) is 4. The fourth-order valence-corrected chi connectivity index (χ4v) is 7.10. The van der Waals surface area contributed by atoms with Gasteiger partial charge in [0.25, 0.3) is 11.4 Å². The summed E-state index contributed by atoms with van der Waals surface area (Å²) < 4.78 is 10.9. The van der Waals surface area contributed by atoms with Crippen LogP contribution in [0.25, 0.3) is 0 Å². The first-order valence-corrected chi connectivity index (χ1v) is 24.0. The lowest BCUT2D eigenvalue weighted by molar-refractivity contribution is -0.383. The molecule has 0 aliphatic carbocycles. The van der Waals surface area contributed by atoms with E-state index >= 15 is 0 Å². The molecule has 28 heteroatoms. The van der Waals surface area contributed by atoms with Crippen LogP contribution < -0.4 is 32.8 Å². The zero-order valence-electron chi connectivity index (χ0n) is 41.8. The van der Waals surface area contributed by atoms with Crippen LogP contribution in [0, 0.1) is 20.2 Å². The zero-order valence-corrected chi connectivity index (χ0v) is 41.8. The minimum absolute atomic E-state index is 0.0424. The second kappa shape index (κ2) is 32.8. The molecule has 0 aliphatic heterocycles. The van der Waals surface area contributed by atoms with Gasteiger partial charge in [0.05, 0.1) is 15.3 Å². The van der Waals surface area contributed by atoms with Gasteiger partial charge in [-0.25, -0.2) is 0 Å². The third-order valence-electron chi connectivity index (χ3n) is 11.3. The van der Waals surface area contributed by atoms with Gasteiger partial charge < -0.3 is 59.7 Å². The first kappa shape index (κ1) is 63.8. The molecule has 22 nitrogen and oxygen atoms in total. The zero-order chi connectivity index (χ0) is 56.5. The van der Waals surface area contributed by atoms with Crippen molar-refractivity contribution in [2.24, 2.45) is 0 Å². The fraction of sp³-hybridized carbons (Fsp3) is 0.292. The van der Waals surface area contributed by atoms with Gasteiger partial charge in [-0.1, -0.05) is 111 Å². The van der Waals surface area contributed by atoms with E-state index in [9.17, 15) is 54.5 Å². The highest BCUT2D eigenvalue weighted by Gasteiger charge is 2.26. The van der Waals surface area contributed by atoms with Gasteiger partial charge in [0.1, 0.15) is 0 Å². The third kappa shape index (κ3) is 21.6. The minimum Gasteiger partial charge on any atom is -0.447 e. The Morgan fingerprint density at radius 3 is 1.07 bits per heavy atom. The van der Waals surface area contributed by atoms with Crippen molar-refractivity contribution >= 4 is 110 Å².